The molecule has 1 aromatic rings. The van der Waals surface area contributed by atoms with Gasteiger partial charge in [-0.05, 0) is 24.1 Å². The molecule has 2 aliphatic heterocycles. The fraction of sp³-hybridized carbons (Fsp3) is 0.267. The number of rotatable bonds is 4. The first-order valence-corrected chi connectivity index (χ1v) is 6.75. The van der Waals surface area contributed by atoms with Gasteiger partial charge in [0.05, 0.1) is 6.04 Å². The van der Waals surface area contributed by atoms with Crippen LogP contribution in [0.5, 0.6) is 11.5 Å². The largest absolute Gasteiger partial charge is 0.454 e. The Bertz CT molecular complexity index is 650. The molecule has 1 aromatic carbocycles. The smallest absolute Gasteiger partial charge is 0.331 e. The number of fused-ring (bicyclic) bond motifs is 1. The van der Waals surface area contributed by atoms with Crippen molar-refractivity contribution in [2.75, 3.05) is 6.79 Å². The second-order valence-electron chi connectivity index (χ2n) is 4.99. The summed E-state index contributed by atoms with van der Waals surface area (Å²) < 4.78 is 10.5. The molecule has 2 aliphatic rings. The van der Waals surface area contributed by atoms with Gasteiger partial charge in [0.15, 0.2) is 11.5 Å². The number of ether oxygens (including phenoxy) is 2. The number of benzene rings is 1. The number of nitrogens with zero attached hydrogens (tertiary/aromatic N) is 1. The van der Waals surface area contributed by atoms with Crippen LogP contribution in [-0.2, 0) is 16.0 Å². The van der Waals surface area contributed by atoms with Crippen LogP contribution < -0.4 is 14.8 Å². The molecular formula is C15H14N2O5. The molecule has 1 atom stereocenters. The zero-order chi connectivity index (χ0) is 15.7. The zero-order valence-corrected chi connectivity index (χ0v) is 11.7. The first-order valence-electron chi connectivity index (χ1n) is 6.75. The number of hydrogen-bond donors (Lipinski definition) is 1. The van der Waals surface area contributed by atoms with E-state index in [1.165, 1.54) is 6.08 Å². The van der Waals surface area contributed by atoms with E-state index in [0.717, 1.165) is 10.5 Å². The highest BCUT2D eigenvalue weighted by atomic mass is 16.7. The van der Waals surface area contributed by atoms with E-state index in [2.05, 4.69) is 11.9 Å². The minimum atomic E-state index is -0.716. The second-order valence-corrected chi connectivity index (χ2v) is 4.99. The number of carbonyl (C=O) groups excluding carboxylic acids is 3. The van der Waals surface area contributed by atoms with E-state index in [1.807, 2.05) is 6.07 Å². The summed E-state index contributed by atoms with van der Waals surface area (Å²) in [4.78, 5) is 36.0. The molecule has 7 heteroatoms. The molecule has 0 spiro atoms. The summed E-state index contributed by atoms with van der Waals surface area (Å²) in [5, 5.41) is 2.14. The van der Waals surface area contributed by atoms with Crippen LogP contribution in [0.15, 0.2) is 30.9 Å². The topological polar surface area (TPSA) is 84.9 Å². The molecule has 114 valence electrons. The first kappa shape index (κ1) is 14.1. The van der Waals surface area contributed by atoms with Crippen molar-refractivity contribution in [1.29, 1.82) is 0 Å². The molecule has 4 amide bonds. The Hall–Kier alpha value is -2.83. The number of carbonyl (C=O) groups is 3. The highest BCUT2D eigenvalue weighted by Gasteiger charge is 2.35. The number of amides is 4. The fourth-order valence-electron chi connectivity index (χ4n) is 2.48. The molecule has 3 rings (SSSR count). The normalized spacial score (nSPS) is 18.2. The minimum absolute atomic E-state index is 0.179. The summed E-state index contributed by atoms with van der Waals surface area (Å²) in [5.74, 6) is 0.178. The van der Waals surface area contributed by atoms with E-state index in [1.54, 1.807) is 12.1 Å². The summed E-state index contributed by atoms with van der Waals surface area (Å²) in [6, 6.07) is 4.16. The van der Waals surface area contributed by atoms with Crippen LogP contribution in [0, 0.1) is 0 Å². The van der Waals surface area contributed by atoms with Crippen molar-refractivity contribution in [3.05, 3.63) is 36.4 Å². The van der Waals surface area contributed by atoms with Gasteiger partial charge in [0.2, 0.25) is 18.6 Å². The SMILES string of the molecule is C=CC(Cc1ccc2c(c1)OCO2)N1C(=O)CC(=O)NC1=O. The van der Waals surface area contributed by atoms with Gasteiger partial charge in [0.1, 0.15) is 6.42 Å². The van der Waals surface area contributed by atoms with E-state index >= 15 is 0 Å². The molecule has 7 nitrogen and oxygen atoms in total. The number of barbiturate groups is 1. The van der Waals surface area contributed by atoms with E-state index in [0.29, 0.717) is 17.9 Å². The van der Waals surface area contributed by atoms with Crippen LogP contribution in [0.4, 0.5) is 4.79 Å². The molecule has 2 heterocycles. The number of imide groups is 2. The molecule has 0 saturated carbocycles. The lowest BCUT2D eigenvalue weighted by Gasteiger charge is -2.30. The van der Waals surface area contributed by atoms with Crippen molar-refractivity contribution in [3.8, 4) is 11.5 Å². The number of nitrogens with one attached hydrogen (secondary N) is 1. The molecule has 0 radical (unpaired) electrons. The summed E-state index contributed by atoms with van der Waals surface area (Å²) in [6.45, 7) is 3.86. The third-order valence-electron chi connectivity index (χ3n) is 3.53. The van der Waals surface area contributed by atoms with Gasteiger partial charge in [0.25, 0.3) is 0 Å². The van der Waals surface area contributed by atoms with Crippen LogP contribution in [0.2, 0.25) is 0 Å². The average Bonchev–Trinajstić information content (AvgIpc) is 2.92. The van der Waals surface area contributed by atoms with E-state index in [-0.39, 0.29) is 13.2 Å². The van der Waals surface area contributed by atoms with Crippen LogP contribution in [0.3, 0.4) is 0 Å². The highest BCUT2D eigenvalue weighted by Crippen LogP contribution is 2.33. The lowest BCUT2D eigenvalue weighted by atomic mass is 10.0. The third kappa shape index (κ3) is 2.52. The van der Waals surface area contributed by atoms with Crippen molar-refractivity contribution in [2.45, 2.75) is 18.9 Å². The van der Waals surface area contributed by atoms with Crippen LogP contribution >= 0.6 is 0 Å². The van der Waals surface area contributed by atoms with E-state index < -0.39 is 23.9 Å². The van der Waals surface area contributed by atoms with Gasteiger partial charge >= 0.3 is 6.03 Å². The van der Waals surface area contributed by atoms with Gasteiger partial charge in [-0.2, -0.15) is 0 Å². The van der Waals surface area contributed by atoms with Crippen molar-refractivity contribution >= 4 is 17.8 Å². The maximum absolute atomic E-state index is 11.9. The Kier molecular flexibility index (Phi) is 3.54. The molecule has 0 aromatic heterocycles. The van der Waals surface area contributed by atoms with E-state index in [4.69, 9.17) is 9.47 Å². The summed E-state index contributed by atoms with van der Waals surface area (Å²) in [5.41, 5.74) is 0.867. The average molecular weight is 302 g/mol. The molecule has 1 N–H and O–H groups in total. The number of hydrogen-bond acceptors (Lipinski definition) is 5. The molecule has 1 unspecified atom stereocenters. The summed E-state index contributed by atoms with van der Waals surface area (Å²) in [6.07, 6.45) is 1.56. The van der Waals surface area contributed by atoms with Gasteiger partial charge in [-0.15, -0.1) is 6.58 Å². The molecule has 0 bridgehead atoms. The van der Waals surface area contributed by atoms with Crippen molar-refractivity contribution in [3.63, 3.8) is 0 Å². The zero-order valence-electron chi connectivity index (χ0n) is 11.7. The Morgan fingerprint density at radius 3 is 2.77 bits per heavy atom. The standard InChI is InChI=1S/C15H14N2O5/c1-2-10(17-14(19)7-13(18)16-15(17)20)5-9-3-4-11-12(6-9)22-8-21-11/h2-4,6,10H,1,5,7-8H2,(H,16,18,20). The van der Waals surface area contributed by atoms with Crippen molar-refractivity contribution in [1.82, 2.24) is 10.2 Å². The first-order chi connectivity index (χ1) is 10.6. The molecular weight excluding hydrogens is 288 g/mol. The monoisotopic (exact) mass is 302 g/mol. The van der Waals surface area contributed by atoms with Crippen LogP contribution in [0.25, 0.3) is 0 Å². The van der Waals surface area contributed by atoms with Gasteiger partial charge in [-0.25, -0.2) is 4.79 Å². The Labute approximate surface area is 126 Å². The van der Waals surface area contributed by atoms with Crippen molar-refractivity contribution in [2.24, 2.45) is 0 Å². The van der Waals surface area contributed by atoms with E-state index in [9.17, 15) is 14.4 Å². The molecule has 1 fully saturated rings. The van der Waals surface area contributed by atoms with Crippen LogP contribution in [-0.4, -0.2) is 35.6 Å². The molecule has 0 aliphatic carbocycles. The predicted octanol–water partition coefficient (Wildman–Crippen LogP) is 0.981. The van der Waals surface area contributed by atoms with Crippen molar-refractivity contribution < 1.29 is 23.9 Å². The summed E-state index contributed by atoms with van der Waals surface area (Å²) in [7, 11) is 0. The fourth-order valence-corrected chi connectivity index (χ4v) is 2.48. The number of urea groups is 1. The second kappa shape index (κ2) is 5.51. The highest BCUT2D eigenvalue weighted by molar-refractivity contribution is 6.14. The molecule has 22 heavy (non-hydrogen) atoms. The maximum atomic E-state index is 11.9. The lowest BCUT2D eigenvalue weighted by molar-refractivity contribution is -0.137. The Morgan fingerprint density at radius 2 is 2.05 bits per heavy atom. The van der Waals surface area contributed by atoms with Gasteiger partial charge in [-0.1, -0.05) is 12.1 Å². The predicted molar refractivity (Wildman–Crippen MR) is 75.3 cm³/mol. The quantitative estimate of drug-likeness (QED) is 0.662. The maximum Gasteiger partial charge on any atom is 0.331 e. The third-order valence-corrected chi connectivity index (χ3v) is 3.53. The Morgan fingerprint density at radius 1 is 1.27 bits per heavy atom. The molecule has 1 saturated heterocycles. The Balaban J connectivity index is 1.79. The van der Waals surface area contributed by atoms with Gasteiger partial charge < -0.3 is 9.47 Å². The van der Waals surface area contributed by atoms with Gasteiger partial charge in [-0.3, -0.25) is 19.8 Å². The summed E-state index contributed by atoms with van der Waals surface area (Å²) >= 11 is 0. The van der Waals surface area contributed by atoms with Crippen LogP contribution in [0.1, 0.15) is 12.0 Å². The van der Waals surface area contributed by atoms with Gasteiger partial charge in [0, 0.05) is 0 Å². The lowest BCUT2D eigenvalue weighted by Crippen LogP contribution is -2.56. The minimum Gasteiger partial charge on any atom is -0.454 e.